The Balaban J connectivity index is 2.09. The van der Waals surface area contributed by atoms with Gasteiger partial charge in [0.25, 0.3) is 0 Å². The predicted molar refractivity (Wildman–Crippen MR) is 146 cm³/mol. The number of rotatable bonds is 12. The third kappa shape index (κ3) is 7.70. The van der Waals surface area contributed by atoms with E-state index in [0.29, 0.717) is 11.3 Å². The summed E-state index contributed by atoms with van der Waals surface area (Å²) < 4.78 is 50.1. The van der Waals surface area contributed by atoms with Crippen molar-refractivity contribution in [2.45, 2.75) is 80.1 Å². The molecule has 216 valence electrons. The lowest BCUT2D eigenvalue weighted by molar-refractivity contribution is -0.0723. The van der Waals surface area contributed by atoms with Gasteiger partial charge in [0.2, 0.25) is 14.8 Å². The van der Waals surface area contributed by atoms with Crippen LogP contribution >= 0.6 is 0 Å². The molecule has 2 aromatic rings. The summed E-state index contributed by atoms with van der Waals surface area (Å²) in [5, 5.41) is 14.7. The molecule has 0 aromatic heterocycles. The zero-order chi connectivity index (χ0) is 28.7. The fourth-order valence-corrected chi connectivity index (χ4v) is 6.16. The molecule has 0 bridgehead atoms. The van der Waals surface area contributed by atoms with Crippen molar-refractivity contribution in [3.63, 3.8) is 0 Å². The van der Waals surface area contributed by atoms with Crippen LogP contribution in [0.4, 0.5) is 4.79 Å². The minimum Gasteiger partial charge on any atom is -0.468 e. The Labute approximate surface area is 230 Å². The SMILES string of the molecule is COCOc1ccc(S(=O)(=O)[C@@](O)(COC2CCCC2)[C@](N)(Cc2ccccc2)NC(=O)OC(C)(C)C)cc1. The number of carbonyl (C=O) groups is 1. The molecule has 1 aliphatic carbocycles. The topological polar surface area (TPSA) is 146 Å². The first-order chi connectivity index (χ1) is 18.3. The molecule has 0 heterocycles. The molecule has 0 unspecified atom stereocenters. The minimum atomic E-state index is -4.65. The van der Waals surface area contributed by atoms with Gasteiger partial charge in [-0.15, -0.1) is 0 Å². The highest BCUT2D eigenvalue weighted by Gasteiger charge is 2.59. The maximum Gasteiger partial charge on any atom is 0.409 e. The number of nitrogens with one attached hydrogen (secondary N) is 1. The Bertz CT molecular complexity index is 1180. The van der Waals surface area contributed by atoms with Crippen molar-refractivity contribution in [1.82, 2.24) is 5.32 Å². The van der Waals surface area contributed by atoms with Gasteiger partial charge in [-0.05, 0) is 63.4 Å². The maximum absolute atomic E-state index is 14.2. The molecule has 2 aromatic carbocycles. The van der Waals surface area contributed by atoms with E-state index >= 15 is 0 Å². The van der Waals surface area contributed by atoms with E-state index in [0.717, 1.165) is 25.7 Å². The molecule has 0 saturated heterocycles. The van der Waals surface area contributed by atoms with E-state index in [9.17, 15) is 18.3 Å². The number of aliphatic hydroxyl groups is 1. The van der Waals surface area contributed by atoms with E-state index in [2.05, 4.69) is 5.32 Å². The molecular weight excluding hydrogens is 524 g/mol. The standard InChI is InChI=1S/C28H40N2O8S/c1-26(2,3)38-25(31)30-27(29,18-21-10-6-5-7-11-21)28(32,19-36-22-12-8-9-13-22)39(33,34)24-16-14-23(15-17-24)37-20-35-4/h5-7,10-11,14-17,22,32H,8-9,12-13,18-20,29H2,1-4H3,(H,30,31)/t27-,28-/m0/s1. The summed E-state index contributed by atoms with van der Waals surface area (Å²) in [6.07, 6.45) is 1.90. The number of sulfone groups is 1. The van der Waals surface area contributed by atoms with Gasteiger partial charge in [-0.2, -0.15) is 0 Å². The highest BCUT2D eigenvalue weighted by atomic mass is 32.2. The quantitative estimate of drug-likeness (QED) is 0.330. The first-order valence-electron chi connectivity index (χ1n) is 12.9. The summed E-state index contributed by atoms with van der Waals surface area (Å²) in [7, 11) is -3.18. The summed E-state index contributed by atoms with van der Waals surface area (Å²) in [5.74, 6) is 0.372. The first kappa shape index (κ1) is 30.8. The number of hydrogen-bond acceptors (Lipinski definition) is 9. The smallest absolute Gasteiger partial charge is 0.409 e. The predicted octanol–water partition coefficient (Wildman–Crippen LogP) is 3.51. The molecule has 3 rings (SSSR count). The van der Waals surface area contributed by atoms with Crippen LogP contribution in [0.15, 0.2) is 59.5 Å². The molecule has 4 N–H and O–H groups in total. The average molecular weight is 565 g/mol. The third-order valence-corrected chi connectivity index (χ3v) is 8.75. The van der Waals surface area contributed by atoms with Crippen molar-refractivity contribution < 1.29 is 37.3 Å². The highest BCUT2D eigenvalue weighted by molar-refractivity contribution is 7.92. The van der Waals surface area contributed by atoms with Gasteiger partial charge in [0, 0.05) is 13.5 Å². The summed E-state index contributed by atoms with van der Waals surface area (Å²) in [6.45, 7) is 4.32. The molecule has 10 nitrogen and oxygen atoms in total. The van der Waals surface area contributed by atoms with E-state index < -0.39 is 38.7 Å². The van der Waals surface area contributed by atoms with Gasteiger partial charge in [0.15, 0.2) is 6.79 Å². The molecule has 11 heteroatoms. The summed E-state index contributed by atoms with van der Waals surface area (Å²) in [6, 6.07) is 14.3. The molecule has 39 heavy (non-hydrogen) atoms. The van der Waals surface area contributed by atoms with Crippen LogP contribution in [0.1, 0.15) is 52.0 Å². The second-order valence-electron chi connectivity index (χ2n) is 10.8. The van der Waals surface area contributed by atoms with Crippen LogP contribution in [-0.2, 0) is 30.5 Å². The van der Waals surface area contributed by atoms with Crippen LogP contribution in [0.2, 0.25) is 0 Å². The Morgan fingerprint density at radius 3 is 2.23 bits per heavy atom. The molecule has 1 saturated carbocycles. The number of benzene rings is 2. The maximum atomic E-state index is 14.2. The summed E-state index contributed by atoms with van der Waals surface area (Å²) in [5.41, 5.74) is 4.22. The van der Waals surface area contributed by atoms with E-state index in [4.69, 9.17) is 24.7 Å². The van der Waals surface area contributed by atoms with Gasteiger partial charge in [-0.25, -0.2) is 13.2 Å². The van der Waals surface area contributed by atoms with Crippen LogP contribution in [0.3, 0.4) is 0 Å². The normalized spacial score (nSPS) is 17.7. The lowest BCUT2D eigenvalue weighted by atomic mass is 9.94. The van der Waals surface area contributed by atoms with Crippen molar-refractivity contribution in [2.75, 3.05) is 20.5 Å². The third-order valence-electron chi connectivity index (χ3n) is 6.49. The lowest BCUT2D eigenvalue weighted by Crippen LogP contribution is -2.75. The molecule has 0 radical (unpaired) electrons. The van der Waals surface area contributed by atoms with E-state index in [-0.39, 0.29) is 24.2 Å². The van der Waals surface area contributed by atoms with Crippen molar-refractivity contribution in [1.29, 1.82) is 0 Å². The van der Waals surface area contributed by atoms with Crippen LogP contribution in [0, 0.1) is 0 Å². The number of nitrogens with two attached hydrogens (primary N) is 1. The Morgan fingerprint density at radius 1 is 1.05 bits per heavy atom. The zero-order valence-corrected chi connectivity index (χ0v) is 23.8. The van der Waals surface area contributed by atoms with Gasteiger partial charge in [0.05, 0.1) is 17.6 Å². The molecule has 0 spiro atoms. The van der Waals surface area contributed by atoms with Gasteiger partial charge < -0.3 is 29.8 Å². The van der Waals surface area contributed by atoms with Crippen LogP contribution in [0.5, 0.6) is 5.75 Å². The number of carbonyl (C=O) groups excluding carboxylic acids is 1. The molecule has 1 amide bonds. The summed E-state index contributed by atoms with van der Waals surface area (Å²) >= 11 is 0. The second-order valence-corrected chi connectivity index (χ2v) is 12.9. The highest BCUT2D eigenvalue weighted by Crippen LogP contribution is 2.36. The van der Waals surface area contributed by atoms with Crippen molar-refractivity contribution in [3.05, 3.63) is 60.2 Å². The fourth-order valence-electron chi connectivity index (χ4n) is 4.45. The van der Waals surface area contributed by atoms with Crippen LogP contribution in [0.25, 0.3) is 0 Å². The van der Waals surface area contributed by atoms with Crippen LogP contribution in [-0.4, -0.2) is 62.4 Å². The fraction of sp³-hybridized carbons (Fsp3) is 0.536. The molecule has 1 fully saturated rings. The minimum absolute atomic E-state index is 0.0198. The van der Waals surface area contributed by atoms with Gasteiger partial charge in [-0.1, -0.05) is 43.2 Å². The van der Waals surface area contributed by atoms with Gasteiger partial charge in [-0.3, -0.25) is 5.32 Å². The van der Waals surface area contributed by atoms with E-state index in [1.54, 1.807) is 51.1 Å². The Hall–Kier alpha value is -2.70. The number of methoxy groups -OCH3 is 1. The van der Waals surface area contributed by atoms with Crippen molar-refractivity contribution in [2.24, 2.45) is 5.73 Å². The van der Waals surface area contributed by atoms with Gasteiger partial charge >= 0.3 is 6.09 Å². The monoisotopic (exact) mass is 564 g/mol. The lowest BCUT2D eigenvalue weighted by Gasteiger charge is -2.44. The average Bonchev–Trinajstić information content (AvgIpc) is 3.39. The van der Waals surface area contributed by atoms with Gasteiger partial charge in [0.1, 0.15) is 17.0 Å². The number of ether oxygens (including phenoxy) is 4. The van der Waals surface area contributed by atoms with E-state index in [1.165, 1.54) is 31.4 Å². The Morgan fingerprint density at radius 2 is 1.67 bits per heavy atom. The molecule has 0 aliphatic heterocycles. The largest absolute Gasteiger partial charge is 0.468 e. The second kappa shape index (κ2) is 12.6. The summed E-state index contributed by atoms with van der Waals surface area (Å²) in [4.78, 5) is 9.98. The molecule has 1 aliphatic rings. The number of hydrogen-bond donors (Lipinski definition) is 3. The van der Waals surface area contributed by atoms with Crippen molar-refractivity contribution in [3.8, 4) is 5.75 Å². The number of alkyl carbamates (subject to hydrolysis) is 1. The van der Waals surface area contributed by atoms with Crippen LogP contribution < -0.4 is 15.8 Å². The zero-order valence-electron chi connectivity index (χ0n) is 23.0. The van der Waals surface area contributed by atoms with E-state index in [1.807, 2.05) is 0 Å². The first-order valence-corrected chi connectivity index (χ1v) is 14.4. The Kier molecular flexibility index (Phi) is 10.0. The molecular formula is C28H40N2O8S. The number of amides is 1. The molecule has 2 atom stereocenters. The van der Waals surface area contributed by atoms with Crippen molar-refractivity contribution >= 4 is 15.9 Å².